The van der Waals surface area contributed by atoms with E-state index in [0.29, 0.717) is 25.9 Å². The van der Waals surface area contributed by atoms with Crippen LogP contribution in [0.4, 0.5) is 8.78 Å². The molecule has 0 saturated carbocycles. The van der Waals surface area contributed by atoms with Crippen molar-refractivity contribution in [3.63, 3.8) is 0 Å². The Morgan fingerprint density at radius 2 is 1.91 bits per heavy atom. The van der Waals surface area contributed by atoms with Gasteiger partial charge in [0.15, 0.2) is 11.6 Å². The fraction of sp³-hybridized carbons (Fsp3) is 0.588. The third kappa shape index (κ3) is 3.53. The molecule has 0 aromatic heterocycles. The van der Waals surface area contributed by atoms with Crippen LogP contribution in [0.25, 0.3) is 0 Å². The summed E-state index contributed by atoms with van der Waals surface area (Å²) in [5.41, 5.74) is -1.24. The number of carbonyl (C=O) groups excluding carboxylic acids is 1. The first kappa shape index (κ1) is 16.3. The highest BCUT2D eigenvalue weighted by Crippen LogP contribution is 2.26. The van der Waals surface area contributed by atoms with E-state index in [4.69, 9.17) is 0 Å². The Morgan fingerprint density at radius 3 is 2.65 bits per heavy atom. The van der Waals surface area contributed by atoms with Crippen molar-refractivity contribution >= 4 is 5.91 Å². The van der Waals surface area contributed by atoms with Crippen LogP contribution in [0.2, 0.25) is 0 Å². The van der Waals surface area contributed by atoms with Gasteiger partial charge in [0.25, 0.3) is 5.91 Å². The van der Waals surface area contributed by atoms with Gasteiger partial charge in [-0.2, -0.15) is 0 Å². The van der Waals surface area contributed by atoms with Gasteiger partial charge in [0.1, 0.15) is 0 Å². The summed E-state index contributed by atoms with van der Waals surface area (Å²) in [6.07, 6.45) is 3.55. The van der Waals surface area contributed by atoms with Crippen molar-refractivity contribution in [3.05, 3.63) is 35.4 Å². The van der Waals surface area contributed by atoms with Crippen LogP contribution < -0.4 is 0 Å². The molecule has 2 fully saturated rings. The minimum Gasteiger partial charge on any atom is -0.387 e. The summed E-state index contributed by atoms with van der Waals surface area (Å²) in [5, 5.41) is 10.8. The summed E-state index contributed by atoms with van der Waals surface area (Å²) < 4.78 is 27.2. The second kappa shape index (κ2) is 6.53. The van der Waals surface area contributed by atoms with Gasteiger partial charge in [-0.25, -0.2) is 8.78 Å². The molecule has 2 saturated heterocycles. The Labute approximate surface area is 134 Å². The van der Waals surface area contributed by atoms with Crippen molar-refractivity contribution in [3.8, 4) is 0 Å². The van der Waals surface area contributed by atoms with Crippen LogP contribution in [-0.4, -0.2) is 59.1 Å². The maximum atomic E-state index is 13.8. The monoisotopic (exact) mass is 324 g/mol. The first-order valence-electron chi connectivity index (χ1n) is 8.17. The predicted octanol–water partition coefficient (Wildman–Crippen LogP) is 2.03. The highest BCUT2D eigenvalue weighted by molar-refractivity contribution is 5.94. The molecule has 2 aliphatic heterocycles. The van der Waals surface area contributed by atoms with Gasteiger partial charge in [-0.1, -0.05) is 6.07 Å². The third-order valence-electron chi connectivity index (χ3n) is 4.74. The van der Waals surface area contributed by atoms with E-state index in [1.165, 1.54) is 17.0 Å². The molecule has 0 spiro atoms. The predicted molar refractivity (Wildman–Crippen MR) is 82.1 cm³/mol. The summed E-state index contributed by atoms with van der Waals surface area (Å²) >= 11 is 0. The number of hydrogen-bond donors (Lipinski definition) is 1. The quantitative estimate of drug-likeness (QED) is 0.925. The standard InChI is InChI=1S/C17H22F2N2O2/c18-14-6-3-5-13(15(14)19)16(22)21-10-4-7-17(23,12-21)11-20-8-1-2-9-20/h3,5-6,23H,1-2,4,7-12H2/t17-/m1/s1. The molecule has 1 aromatic carbocycles. The Hall–Kier alpha value is -1.53. The summed E-state index contributed by atoms with van der Waals surface area (Å²) in [7, 11) is 0. The molecule has 0 radical (unpaired) electrons. The van der Waals surface area contributed by atoms with E-state index in [1.54, 1.807) is 0 Å². The van der Waals surface area contributed by atoms with Gasteiger partial charge < -0.3 is 14.9 Å². The number of hydrogen-bond acceptors (Lipinski definition) is 3. The number of piperidine rings is 1. The molecule has 0 bridgehead atoms. The van der Waals surface area contributed by atoms with Crippen molar-refractivity contribution < 1.29 is 18.7 Å². The fourth-order valence-corrected chi connectivity index (χ4v) is 3.61. The molecule has 0 aliphatic carbocycles. The van der Waals surface area contributed by atoms with E-state index < -0.39 is 23.1 Å². The van der Waals surface area contributed by atoms with Gasteiger partial charge >= 0.3 is 0 Å². The van der Waals surface area contributed by atoms with Gasteiger partial charge in [0.05, 0.1) is 17.7 Å². The molecule has 1 N–H and O–H groups in total. The molecule has 2 aliphatic rings. The molecule has 2 heterocycles. The van der Waals surface area contributed by atoms with Crippen LogP contribution in [0.3, 0.4) is 0 Å². The summed E-state index contributed by atoms with van der Waals surface area (Å²) in [6, 6.07) is 3.60. The number of nitrogens with zero attached hydrogens (tertiary/aromatic N) is 2. The lowest BCUT2D eigenvalue weighted by molar-refractivity contribution is -0.0432. The van der Waals surface area contributed by atoms with Crippen molar-refractivity contribution in [2.45, 2.75) is 31.3 Å². The second-order valence-electron chi connectivity index (χ2n) is 6.64. The van der Waals surface area contributed by atoms with Gasteiger partial charge in [0.2, 0.25) is 0 Å². The lowest BCUT2D eigenvalue weighted by Crippen LogP contribution is -2.55. The topological polar surface area (TPSA) is 43.8 Å². The number of halogens is 2. The van der Waals surface area contributed by atoms with Crippen molar-refractivity contribution in [2.24, 2.45) is 0 Å². The van der Waals surface area contributed by atoms with Crippen LogP contribution in [0.5, 0.6) is 0 Å². The van der Waals surface area contributed by atoms with E-state index >= 15 is 0 Å². The normalized spacial score (nSPS) is 25.8. The minimum atomic E-state index is -1.12. The molecule has 1 aromatic rings. The van der Waals surface area contributed by atoms with E-state index in [2.05, 4.69) is 4.90 Å². The van der Waals surface area contributed by atoms with Crippen LogP contribution in [0.15, 0.2) is 18.2 Å². The fourth-order valence-electron chi connectivity index (χ4n) is 3.61. The van der Waals surface area contributed by atoms with Gasteiger partial charge in [-0.15, -0.1) is 0 Å². The summed E-state index contributed by atoms with van der Waals surface area (Å²) in [6.45, 7) is 3.08. The maximum Gasteiger partial charge on any atom is 0.257 e. The van der Waals surface area contributed by atoms with Gasteiger partial charge in [0, 0.05) is 13.1 Å². The van der Waals surface area contributed by atoms with Gasteiger partial charge in [-0.3, -0.25) is 4.79 Å². The molecule has 126 valence electrons. The zero-order valence-corrected chi connectivity index (χ0v) is 13.1. The number of likely N-dealkylation sites (tertiary alicyclic amines) is 2. The lowest BCUT2D eigenvalue weighted by Gasteiger charge is -2.41. The largest absolute Gasteiger partial charge is 0.387 e. The first-order valence-corrected chi connectivity index (χ1v) is 8.17. The number of β-amino-alcohol motifs (C(OH)–C–C–N with tert-alkyl or cyclic N) is 1. The minimum absolute atomic E-state index is 0.165. The molecular weight excluding hydrogens is 302 g/mol. The average molecular weight is 324 g/mol. The number of carbonyl (C=O) groups is 1. The van der Waals surface area contributed by atoms with E-state index in [-0.39, 0.29) is 12.1 Å². The Morgan fingerprint density at radius 1 is 1.17 bits per heavy atom. The van der Waals surface area contributed by atoms with Crippen LogP contribution in [0.1, 0.15) is 36.0 Å². The Bertz CT molecular complexity index is 590. The third-order valence-corrected chi connectivity index (χ3v) is 4.74. The van der Waals surface area contributed by atoms with Crippen LogP contribution in [-0.2, 0) is 0 Å². The zero-order chi connectivity index (χ0) is 16.4. The molecule has 1 atom stereocenters. The van der Waals surface area contributed by atoms with Gasteiger partial charge in [-0.05, 0) is 50.9 Å². The van der Waals surface area contributed by atoms with E-state index in [0.717, 1.165) is 32.0 Å². The molecule has 6 heteroatoms. The Balaban J connectivity index is 1.72. The number of rotatable bonds is 3. The molecule has 23 heavy (non-hydrogen) atoms. The first-order chi connectivity index (χ1) is 11.0. The molecule has 3 rings (SSSR count). The van der Waals surface area contributed by atoms with Crippen molar-refractivity contribution in [2.75, 3.05) is 32.7 Å². The average Bonchev–Trinajstić information content (AvgIpc) is 3.01. The number of aliphatic hydroxyl groups is 1. The van der Waals surface area contributed by atoms with Crippen molar-refractivity contribution in [1.82, 2.24) is 9.80 Å². The molecule has 0 unspecified atom stereocenters. The van der Waals surface area contributed by atoms with Crippen LogP contribution in [0, 0.1) is 11.6 Å². The smallest absolute Gasteiger partial charge is 0.257 e. The zero-order valence-electron chi connectivity index (χ0n) is 13.1. The highest BCUT2D eigenvalue weighted by Gasteiger charge is 2.38. The lowest BCUT2D eigenvalue weighted by atomic mass is 9.91. The molecule has 4 nitrogen and oxygen atoms in total. The van der Waals surface area contributed by atoms with E-state index in [9.17, 15) is 18.7 Å². The molecule has 1 amide bonds. The molecular formula is C17H22F2N2O2. The van der Waals surface area contributed by atoms with Crippen molar-refractivity contribution in [1.29, 1.82) is 0 Å². The number of benzene rings is 1. The maximum absolute atomic E-state index is 13.8. The second-order valence-corrected chi connectivity index (χ2v) is 6.64. The van der Waals surface area contributed by atoms with E-state index in [1.807, 2.05) is 0 Å². The summed E-state index contributed by atoms with van der Waals surface area (Å²) in [4.78, 5) is 16.1. The van der Waals surface area contributed by atoms with Crippen LogP contribution >= 0.6 is 0 Å². The highest BCUT2D eigenvalue weighted by atomic mass is 19.2. The Kier molecular flexibility index (Phi) is 4.64. The number of amides is 1. The summed E-state index contributed by atoms with van der Waals surface area (Å²) in [5.74, 6) is -2.70. The SMILES string of the molecule is O=C(c1cccc(F)c1F)N1CCC[C@@](O)(CN2CCCC2)C1.